The number of benzene rings is 2. The molecule has 7 nitrogen and oxygen atoms in total. The average Bonchev–Trinajstić information content (AvgIpc) is 3.26. The van der Waals surface area contributed by atoms with Crippen LogP contribution in [0.3, 0.4) is 0 Å². The standard InChI is InChI=1S/C25H23N5O2/c1-18-5-2-6-19(11-18)12-24(31)29-22-16-28-30(17-22)23-9-3-8-21(13-23)25(32)27-15-20-7-4-10-26-14-20/h2-11,13-14,16-17H,12,15H2,1H3,(H,27,32)(H,29,31). The first-order chi connectivity index (χ1) is 15.6. The second kappa shape index (κ2) is 9.70. The van der Waals surface area contributed by atoms with Gasteiger partial charge in [-0.15, -0.1) is 0 Å². The number of aromatic nitrogens is 3. The molecule has 0 saturated heterocycles. The fourth-order valence-electron chi connectivity index (χ4n) is 3.32. The van der Waals surface area contributed by atoms with Gasteiger partial charge in [-0.25, -0.2) is 4.68 Å². The van der Waals surface area contributed by atoms with Gasteiger partial charge in [0, 0.05) is 24.5 Å². The summed E-state index contributed by atoms with van der Waals surface area (Å²) in [7, 11) is 0. The number of carbonyl (C=O) groups is 2. The normalized spacial score (nSPS) is 10.5. The molecule has 2 amide bonds. The van der Waals surface area contributed by atoms with Crippen LogP contribution >= 0.6 is 0 Å². The number of pyridine rings is 1. The average molecular weight is 425 g/mol. The summed E-state index contributed by atoms with van der Waals surface area (Å²) in [4.78, 5) is 28.9. The van der Waals surface area contributed by atoms with E-state index in [9.17, 15) is 9.59 Å². The number of amides is 2. The molecule has 4 aromatic rings. The minimum absolute atomic E-state index is 0.112. The van der Waals surface area contributed by atoms with Crippen molar-refractivity contribution in [3.63, 3.8) is 0 Å². The Morgan fingerprint density at radius 1 is 0.969 bits per heavy atom. The molecule has 32 heavy (non-hydrogen) atoms. The first kappa shape index (κ1) is 21.0. The van der Waals surface area contributed by atoms with E-state index in [1.807, 2.05) is 49.4 Å². The first-order valence-electron chi connectivity index (χ1n) is 10.2. The zero-order chi connectivity index (χ0) is 22.3. The molecule has 0 radical (unpaired) electrons. The maximum absolute atomic E-state index is 12.5. The van der Waals surface area contributed by atoms with Crippen LogP contribution in [-0.2, 0) is 17.8 Å². The highest BCUT2D eigenvalue weighted by Crippen LogP contribution is 2.14. The molecule has 2 N–H and O–H groups in total. The van der Waals surface area contributed by atoms with Crippen LogP contribution in [0.4, 0.5) is 5.69 Å². The van der Waals surface area contributed by atoms with E-state index in [1.165, 1.54) is 0 Å². The van der Waals surface area contributed by atoms with E-state index in [0.717, 1.165) is 22.4 Å². The SMILES string of the molecule is Cc1cccc(CC(=O)Nc2cnn(-c3cccc(C(=O)NCc4cccnc4)c3)c2)c1. The van der Waals surface area contributed by atoms with Crippen LogP contribution in [0.5, 0.6) is 0 Å². The van der Waals surface area contributed by atoms with Gasteiger partial charge in [0.25, 0.3) is 5.91 Å². The van der Waals surface area contributed by atoms with Crippen molar-refractivity contribution >= 4 is 17.5 Å². The summed E-state index contributed by atoms with van der Waals surface area (Å²) in [6.45, 7) is 2.40. The second-order valence-corrected chi connectivity index (χ2v) is 7.48. The lowest BCUT2D eigenvalue weighted by Crippen LogP contribution is -2.23. The topological polar surface area (TPSA) is 88.9 Å². The van der Waals surface area contributed by atoms with Gasteiger partial charge in [0.05, 0.1) is 30.2 Å². The highest BCUT2D eigenvalue weighted by Gasteiger charge is 2.10. The highest BCUT2D eigenvalue weighted by atomic mass is 16.2. The van der Waals surface area contributed by atoms with Gasteiger partial charge in [0.15, 0.2) is 0 Å². The lowest BCUT2D eigenvalue weighted by molar-refractivity contribution is -0.115. The Balaban J connectivity index is 1.39. The molecule has 0 aliphatic heterocycles. The molecule has 0 aliphatic carbocycles. The van der Waals surface area contributed by atoms with Crippen molar-refractivity contribution < 1.29 is 9.59 Å². The minimum Gasteiger partial charge on any atom is -0.348 e. The van der Waals surface area contributed by atoms with E-state index < -0.39 is 0 Å². The number of aryl methyl sites for hydroxylation is 1. The zero-order valence-electron chi connectivity index (χ0n) is 17.7. The summed E-state index contributed by atoms with van der Waals surface area (Å²) in [6.07, 6.45) is 7.01. The third kappa shape index (κ3) is 5.46. The Bertz CT molecular complexity index is 1230. The molecule has 2 heterocycles. The van der Waals surface area contributed by atoms with Gasteiger partial charge >= 0.3 is 0 Å². The molecule has 0 spiro atoms. The molecule has 0 bridgehead atoms. The van der Waals surface area contributed by atoms with Crippen LogP contribution in [0.15, 0.2) is 85.5 Å². The summed E-state index contributed by atoms with van der Waals surface area (Å²) in [5.74, 6) is -0.298. The van der Waals surface area contributed by atoms with Gasteiger partial charge in [-0.1, -0.05) is 42.0 Å². The maximum atomic E-state index is 12.5. The van der Waals surface area contributed by atoms with Crippen LogP contribution in [0.1, 0.15) is 27.0 Å². The third-order valence-corrected chi connectivity index (χ3v) is 4.86. The lowest BCUT2D eigenvalue weighted by atomic mass is 10.1. The summed E-state index contributed by atoms with van der Waals surface area (Å²) < 4.78 is 1.63. The fraction of sp³-hybridized carbons (Fsp3) is 0.120. The molecule has 2 aromatic carbocycles. The number of hydrogen-bond acceptors (Lipinski definition) is 4. The number of nitrogens with one attached hydrogen (secondary N) is 2. The smallest absolute Gasteiger partial charge is 0.251 e. The summed E-state index contributed by atoms with van der Waals surface area (Å²) in [6, 6.07) is 18.7. The Morgan fingerprint density at radius 2 is 1.81 bits per heavy atom. The molecular formula is C25H23N5O2. The van der Waals surface area contributed by atoms with Crippen molar-refractivity contribution in [1.82, 2.24) is 20.1 Å². The van der Waals surface area contributed by atoms with Crippen LogP contribution in [-0.4, -0.2) is 26.6 Å². The Kier molecular flexibility index (Phi) is 6.36. The summed E-state index contributed by atoms with van der Waals surface area (Å²) >= 11 is 0. The largest absolute Gasteiger partial charge is 0.348 e. The van der Waals surface area contributed by atoms with E-state index in [4.69, 9.17) is 0 Å². The molecule has 0 fully saturated rings. The van der Waals surface area contributed by atoms with Crippen LogP contribution in [0, 0.1) is 6.92 Å². The Morgan fingerprint density at radius 3 is 2.62 bits per heavy atom. The van der Waals surface area contributed by atoms with E-state index in [-0.39, 0.29) is 11.8 Å². The number of nitrogens with zero attached hydrogens (tertiary/aromatic N) is 3. The van der Waals surface area contributed by atoms with Gasteiger partial charge in [-0.3, -0.25) is 14.6 Å². The summed E-state index contributed by atoms with van der Waals surface area (Å²) in [5.41, 5.74) is 4.83. The van der Waals surface area contributed by atoms with Crippen molar-refractivity contribution in [1.29, 1.82) is 0 Å². The van der Waals surface area contributed by atoms with Gasteiger partial charge in [0.1, 0.15) is 0 Å². The quantitative estimate of drug-likeness (QED) is 0.473. The van der Waals surface area contributed by atoms with Gasteiger partial charge in [0.2, 0.25) is 5.91 Å². The van der Waals surface area contributed by atoms with Crippen molar-refractivity contribution in [2.24, 2.45) is 0 Å². The Labute approximate surface area is 186 Å². The number of rotatable bonds is 7. The molecular weight excluding hydrogens is 402 g/mol. The number of carbonyl (C=O) groups excluding carboxylic acids is 2. The van der Waals surface area contributed by atoms with Crippen molar-refractivity contribution in [3.05, 3.63) is 108 Å². The van der Waals surface area contributed by atoms with Crippen molar-refractivity contribution in [3.8, 4) is 5.69 Å². The fourth-order valence-corrected chi connectivity index (χ4v) is 3.32. The van der Waals surface area contributed by atoms with Gasteiger partial charge < -0.3 is 10.6 Å². The number of hydrogen-bond donors (Lipinski definition) is 2. The van der Waals surface area contributed by atoms with Gasteiger partial charge in [-0.05, 0) is 42.3 Å². The first-order valence-corrected chi connectivity index (χ1v) is 10.2. The maximum Gasteiger partial charge on any atom is 0.251 e. The molecule has 4 rings (SSSR count). The number of anilines is 1. The van der Waals surface area contributed by atoms with Crippen molar-refractivity contribution in [2.45, 2.75) is 19.9 Å². The third-order valence-electron chi connectivity index (χ3n) is 4.86. The van der Waals surface area contributed by atoms with Gasteiger partial charge in [-0.2, -0.15) is 5.10 Å². The lowest BCUT2D eigenvalue weighted by Gasteiger charge is -2.07. The predicted molar refractivity (Wildman–Crippen MR) is 122 cm³/mol. The molecule has 0 atom stereocenters. The molecule has 2 aromatic heterocycles. The minimum atomic E-state index is -0.186. The molecule has 0 aliphatic rings. The van der Waals surface area contributed by atoms with E-state index in [2.05, 4.69) is 20.7 Å². The molecule has 160 valence electrons. The second-order valence-electron chi connectivity index (χ2n) is 7.48. The monoisotopic (exact) mass is 425 g/mol. The van der Waals surface area contributed by atoms with Crippen LogP contribution < -0.4 is 10.6 Å². The molecule has 7 heteroatoms. The van der Waals surface area contributed by atoms with Crippen LogP contribution in [0.25, 0.3) is 5.69 Å². The van der Waals surface area contributed by atoms with Crippen LogP contribution in [0.2, 0.25) is 0 Å². The Hall–Kier alpha value is -4.26. The zero-order valence-corrected chi connectivity index (χ0v) is 17.7. The highest BCUT2D eigenvalue weighted by molar-refractivity contribution is 5.94. The summed E-state index contributed by atoms with van der Waals surface area (Å²) in [5, 5.41) is 10.1. The van der Waals surface area contributed by atoms with E-state index in [1.54, 1.807) is 47.7 Å². The van der Waals surface area contributed by atoms with E-state index in [0.29, 0.717) is 24.2 Å². The molecule has 0 saturated carbocycles. The molecule has 0 unspecified atom stereocenters. The van der Waals surface area contributed by atoms with Crippen molar-refractivity contribution in [2.75, 3.05) is 5.32 Å². The van der Waals surface area contributed by atoms with E-state index >= 15 is 0 Å². The predicted octanol–water partition coefficient (Wildman–Crippen LogP) is 3.69.